The molecular formula is C27H24F10N2O2. The summed E-state index contributed by atoms with van der Waals surface area (Å²) in [7, 11) is 3.58. The number of anilines is 2. The number of nitrogens with zero attached hydrogens (tertiary/aromatic N) is 2. The van der Waals surface area contributed by atoms with Crippen LogP contribution < -0.4 is 14.5 Å². The van der Waals surface area contributed by atoms with Crippen LogP contribution in [0.1, 0.15) is 11.1 Å². The molecule has 3 aromatic rings. The summed E-state index contributed by atoms with van der Waals surface area (Å²) >= 11 is 0. The standard InChI is InChI=1S/C27H24F10N2O2/c1-38(2)19-8-4-10-21(13-19)41-22-11-5-9-20(14-22)39(16-23(40)25(30,31)32)15-17-6-3-7-18(12-17)24(28,29)26(33,34)27(35,36)37/h3-14,23,40H,15-16H2,1-2H3/t23-/m1/s1. The fourth-order valence-electron chi connectivity index (χ4n) is 3.72. The Morgan fingerprint density at radius 1 is 0.732 bits per heavy atom. The number of alkyl halides is 10. The van der Waals surface area contributed by atoms with Crippen molar-refractivity contribution in [1.82, 2.24) is 0 Å². The number of ether oxygens (including phenoxy) is 1. The quantitative estimate of drug-likeness (QED) is 0.242. The number of benzene rings is 3. The van der Waals surface area contributed by atoms with Gasteiger partial charge in [0.05, 0.1) is 6.54 Å². The number of aliphatic hydroxyl groups is 1. The second-order valence-electron chi connectivity index (χ2n) is 9.28. The number of aliphatic hydroxyl groups excluding tert-OH is 1. The van der Waals surface area contributed by atoms with Gasteiger partial charge in [-0.3, -0.25) is 0 Å². The molecule has 0 fully saturated rings. The third kappa shape index (κ3) is 7.34. The third-order valence-electron chi connectivity index (χ3n) is 5.94. The molecule has 14 heteroatoms. The highest BCUT2D eigenvalue weighted by atomic mass is 19.4. The maximum absolute atomic E-state index is 14.3. The van der Waals surface area contributed by atoms with Crippen molar-refractivity contribution in [2.75, 3.05) is 30.4 Å². The predicted molar refractivity (Wildman–Crippen MR) is 132 cm³/mol. The van der Waals surface area contributed by atoms with Gasteiger partial charge in [0, 0.05) is 49.7 Å². The molecule has 0 saturated carbocycles. The molecular weight excluding hydrogens is 574 g/mol. The molecule has 41 heavy (non-hydrogen) atoms. The first-order valence-electron chi connectivity index (χ1n) is 11.8. The van der Waals surface area contributed by atoms with E-state index in [0.717, 1.165) is 22.7 Å². The Morgan fingerprint density at radius 2 is 1.27 bits per heavy atom. The first-order valence-corrected chi connectivity index (χ1v) is 11.8. The van der Waals surface area contributed by atoms with Gasteiger partial charge in [-0.25, -0.2) is 0 Å². The lowest BCUT2D eigenvalue weighted by Gasteiger charge is -2.30. The van der Waals surface area contributed by atoms with E-state index in [0.29, 0.717) is 17.9 Å². The molecule has 1 atom stereocenters. The molecule has 1 N–H and O–H groups in total. The van der Waals surface area contributed by atoms with E-state index in [2.05, 4.69) is 0 Å². The van der Waals surface area contributed by atoms with Crippen molar-refractivity contribution < 1.29 is 53.7 Å². The van der Waals surface area contributed by atoms with Gasteiger partial charge in [0.15, 0.2) is 6.10 Å². The first kappa shape index (κ1) is 31.8. The van der Waals surface area contributed by atoms with Crippen molar-refractivity contribution in [3.8, 4) is 11.5 Å². The smallest absolute Gasteiger partial charge is 0.457 e. The molecule has 3 aromatic carbocycles. The topological polar surface area (TPSA) is 35.9 Å². The highest BCUT2D eigenvalue weighted by Crippen LogP contribution is 2.51. The summed E-state index contributed by atoms with van der Waals surface area (Å²) in [5.74, 6) is -11.6. The Labute approximate surface area is 228 Å². The molecule has 224 valence electrons. The molecule has 0 unspecified atom stereocenters. The summed E-state index contributed by atoms with van der Waals surface area (Å²) in [6.45, 7) is -1.80. The Hall–Kier alpha value is -3.68. The van der Waals surface area contributed by atoms with Crippen LogP contribution in [-0.2, 0) is 12.5 Å². The summed E-state index contributed by atoms with van der Waals surface area (Å²) in [6, 6.07) is 14.8. The van der Waals surface area contributed by atoms with E-state index in [9.17, 15) is 49.0 Å². The van der Waals surface area contributed by atoms with Crippen molar-refractivity contribution in [2.24, 2.45) is 0 Å². The Balaban J connectivity index is 1.97. The van der Waals surface area contributed by atoms with E-state index in [1.807, 2.05) is 0 Å². The largest absolute Gasteiger partial charge is 0.460 e. The summed E-state index contributed by atoms with van der Waals surface area (Å²) in [6.07, 6.45) is -14.6. The molecule has 0 aliphatic rings. The zero-order valence-electron chi connectivity index (χ0n) is 21.4. The fourth-order valence-corrected chi connectivity index (χ4v) is 3.72. The normalized spacial score (nSPS) is 13.6. The molecule has 0 heterocycles. The van der Waals surface area contributed by atoms with Crippen LogP contribution in [0.3, 0.4) is 0 Å². The van der Waals surface area contributed by atoms with Gasteiger partial charge in [0.1, 0.15) is 11.5 Å². The first-order chi connectivity index (χ1) is 18.8. The summed E-state index contributed by atoms with van der Waals surface area (Å²) < 4.78 is 139. The van der Waals surface area contributed by atoms with E-state index in [-0.39, 0.29) is 17.0 Å². The Kier molecular flexibility index (Phi) is 9.06. The van der Waals surface area contributed by atoms with Crippen molar-refractivity contribution in [3.63, 3.8) is 0 Å². The zero-order valence-corrected chi connectivity index (χ0v) is 21.4. The van der Waals surface area contributed by atoms with Crippen LogP contribution >= 0.6 is 0 Å². The highest BCUT2D eigenvalue weighted by molar-refractivity contribution is 5.54. The monoisotopic (exact) mass is 598 g/mol. The third-order valence-corrected chi connectivity index (χ3v) is 5.94. The SMILES string of the molecule is CN(C)c1cccc(Oc2cccc(N(Cc3cccc(C(F)(F)C(F)(F)C(F)(F)F)c3)C[C@@H](O)C(F)(F)F)c2)c1. The molecule has 0 aromatic heterocycles. The van der Waals surface area contributed by atoms with Gasteiger partial charge >= 0.3 is 24.2 Å². The van der Waals surface area contributed by atoms with Crippen LogP contribution in [0, 0.1) is 0 Å². The van der Waals surface area contributed by atoms with Crippen LogP contribution in [0.2, 0.25) is 0 Å². The van der Waals surface area contributed by atoms with Gasteiger partial charge in [-0.1, -0.05) is 30.3 Å². The minimum atomic E-state index is -6.57. The van der Waals surface area contributed by atoms with Gasteiger partial charge in [-0.2, -0.15) is 43.9 Å². The van der Waals surface area contributed by atoms with Gasteiger partial charge in [0.25, 0.3) is 0 Å². The Bertz CT molecular complexity index is 1330. The molecule has 0 saturated heterocycles. The summed E-state index contributed by atoms with van der Waals surface area (Å²) in [5, 5.41) is 9.72. The molecule has 0 spiro atoms. The van der Waals surface area contributed by atoms with E-state index >= 15 is 0 Å². The summed E-state index contributed by atoms with van der Waals surface area (Å²) in [5.41, 5.74) is -1.22. The number of halogens is 10. The van der Waals surface area contributed by atoms with Crippen molar-refractivity contribution in [1.29, 1.82) is 0 Å². The van der Waals surface area contributed by atoms with Crippen LogP contribution in [0.5, 0.6) is 11.5 Å². The maximum atomic E-state index is 14.3. The lowest BCUT2D eigenvalue weighted by molar-refractivity contribution is -0.359. The van der Waals surface area contributed by atoms with Gasteiger partial charge in [-0.05, 0) is 35.9 Å². The van der Waals surface area contributed by atoms with Gasteiger partial charge in [0.2, 0.25) is 0 Å². The number of hydrogen-bond donors (Lipinski definition) is 1. The van der Waals surface area contributed by atoms with Gasteiger partial charge in [-0.15, -0.1) is 0 Å². The molecule has 4 nitrogen and oxygen atoms in total. The van der Waals surface area contributed by atoms with Crippen LogP contribution in [0.15, 0.2) is 72.8 Å². The maximum Gasteiger partial charge on any atom is 0.460 e. The molecule has 0 radical (unpaired) electrons. The van der Waals surface area contributed by atoms with Crippen molar-refractivity contribution in [2.45, 2.75) is 36.8 Å². The van der Waals surface area contributed by atoms with E-state index in [1.165, 1.54) is 24.3 Å². The number of rotatable bonds is 10. The van der Waals surface area contributed by atoms with E-state index in [1.54, 1.807) is 43.3 Å². The number of hydrogen-bond acceptors (Lipinski definition) is 4. The highest BCUT2D eigenvalue weighted by Gasteiger charge is 2.73. The predicted octanol–water partition coefficient (Wildman–Crippen LogP) is 7.76. The second-order valence-corrected chi connectivity index (χ2v) is 9.28. The molecule has 0 bridgehead atoms. The molecule has 0 aliphatic heterocycles. The minimum Gasteiger partial charge on any atom is -0.457 e. The molecule has 3 rings (SSSR count). The van der Waals surface area contributed by atoms with Crippen LogP contribution in [0.4, 0.5) is 55.3 Å². The minimum absolute atomic E-state index is 0.00680. The van der Waals surface area contributed by atoms with Crippen LogP contribution in [0.25, 0.3) is 0 Å². The molecule has 0 aliphatic carbocycles. The fraction of sp³-hybridized carbons (Fsp3) is 0.333. The second kappa shape index (κ2) is 11.7. The van der Waals surface area contributed by atoms with Gasteiger partial charge < -0.3 is 19.6 Å². The van der Waals surface area contributed by atoms with Crippen LogP contribution in [-0.4, -0.2) is 50.1 Å². The van der Waals surface area contributed by atoms with E-state index < -0.39 is 49.0 Å². The Morgan fingerprint density at radius 3 is 1.80 bits per heavy atom. The lowest BCUT2D eigenvalue weighted by Crippen LogP contribution is -2.50. The van der Waals surface area contributed by atoms with Crippen molar-refractivity contribution in [3.05, 3.63) is 83.9 Å². The average Bonchev–Trinajstić information content (AvgIpc) is 2.87. The van der Waals surface area contributed by atoms with Crippen molar-refractivity contribution >= 4 is 11.4 Å². The molecule has 0 amide bonds. The summed E-state index contributed by atoms with van der Waals surface area (Å²) in [4.78, 5) is 2.70. The average molecular weight is 598 g/mol. The zero-order chi connectivity index (χ0) is 30.8. The lowest BCUT2D eigenvalue weighted by atomic mass is 9.99. The van der Waals surface area contributed by atoms with E-state index in [4.69, 9.17) is 4.74 Å².